The second kappa shape index (κ2) is 5.04. The molecule has 0 radical (unpaired) electrons. The van der Waals surface area contributed by atoms with Gasteiger partial charge in [0.1, 0.15) is 0 Å². The van der Waals surface area contributed by atoms with Gasteiger partial charge in [0.25, 0.3) is 0 Å². The molecule has 0 aliphatic carbocycles. The van der Waals surface area contributed by atoms with Crippen LogP contribution in [0.1, 0.15) is 25.1 Å². The smallest absolute Gasteiger partial charge is 0.0448 e. The number of aryl methyl sites for hydroxylation is 1. The Kier molecular flexibility index (Phi) is 3.99. The minimum atomic E-state index is 0.256. The normalized spacial score (nSPS) is 13.2. The molecule has 0 saturated carbocycles. The highest BCUT2D eigenvalue weighted by Gasteiger charge is 2.06. The van der Waals surface area contributed by atoms with Gasteiger partial charge in [-0.3, -0.25) is 0 Å². The van der Waals surface area contributed by atoms with E-state index in [1.165, 1.54) is 5.69 Å². The molecule has 0 saturated heterocycles. The molecule has 74 valence electrons. The van der Waals surface area contributed by atoms with Crippen LogP contribution in [-0.2, 0) is 6.54 Å². The summed E-state index contributed by atoms with van der Waals surface area (Å²) in [5, 5.41) is 11.9. The second-order valence-electron chi connectivity index (χ2n) is 3.21. The standard InChI is InChI=1S/C10H18N2O/c1-9(11-2)10-5-3-6-12(10)7-4-8-13/h3,5-6,9,11,13H,4,7-8H2,1-2H3. The molecule has 2 N–H and O–H groups in total. The molecule has 1 unspecified atom stereocenters. The van der Waals surface area contributed by atoms with Gasteiger partial charge in [0, 0.05) is 31.1 Å². The molecule has 1 atom stereocenters. The van der Waals surface area contributed by atoms with Crippen molar-refractivity contribution in [3.05, 3.63) is 24.0 Å². The summed E-state index contributed by atoms with van der Waals surface area (Å²) in [4.78, 5) is 0. The Morgan fingerprint density at radius 2 is 2.38 bits per heavy atom. The van der Waals surface area contributed by atoms with Gasteiger partial charge in [-0.1, -0.05) is 0 Å². The molecule has 0 spiro atoms. The summed E-state index contributed by atoms with van der Waals surface area (Å²) in [7, 11) is 1.95. The van der Waals surface area contributed by atoms with Crippen molar-refractivity contribution in [1.29, 1.82) is 0 Å². The van der Waals surface area contributed by atoms with Gasteiger partial charge in [0.05, 0.1) is 0 Å². The molecule has 13 heavy (non-hydrogen) atoms. The molecule has 3 heteroatoms. The number of hydrogen-bond acceptors (Lipinski definition) is 2. The third kappa shape index (κ3) is 2.57. The molecule has 3 nitrogen and oxygen atoms in total. The lowest BCUT2D eigenvalue weighted by molar-refractivity contribution is 0.278. The number of hydrogen-bond donors (Lipinski definition) is 2. The minimum absolute atomic E-state index is 0.256. The quantitative estimate of drug-likeness (QED) is 0.717. The van der Waals surface area contributed by atoms with Crippen molar-refractivity contribution in [2.24, 2.45) is 0 Å². The Hall–Kier alpha value is -0.800. The lowest BCUT2D eigenvalue weighted by Gasteiger charge is -2.14. The Labute approximate surface area is 79.4 Å². The summed E-state index contributed by atoms with van der Waals surface area (Å²) < 4.78 is 2.18. The largest absolute Gasteiger partial charge is 0.396 e. The monoisotopic (exact) mass is 182 g/mol. The van der Waals surface area contributed by atoms with Crippen LogP contribution in [-0.4, -0.2) is 23.3 Å². The van der Waals surface area contributed by atoms with Crippen molar-refractivity contribution in [2.75, 3.05) is 13.7 Å². The number of nitrogens with zero attached hydrogens (tertiary/aromatic N) is 1. The number of aliphatic hydroxyl groups is 1. The molecule has 0 fully saturated rings. The number of nitrogens with one attached hydrogen (secondary N) is 1. The van der Waals surface area contributed by atoms with E-state index in [4.69, 9.17) is 5.11 Å². The average molecular weight is 182 g/mol. The first-order valence-electron chi connectivity index (χ1n) is 4.72. The van der Waals surface area contributed by atoms with Gasteiger partial charge >= 0.3 is 0 Å². The fourth-order valence-electron chi connectivity index (χ4n) is 1.41. The van der Waals surface area contributed by atoms with Crippen LogP contribution < -0.4 is 5.32 Å². The molecule has 1 aromatic heterocycles. The third-order valence-electron chi connectivity index (χ3n) is 2.30. The predicted octanol–water partition coefficient (Wildman–Crippen LogP) is 1.15. The highest BCUT2D eigenvalue weighted by Crippen LogP contribution is 2.12. The maximum absolute atomic E-state index is 8.72. The lowest BCUT2D eigenvalue weighted by atomic mass is 10.2. The molecule has 1 rings (SSSR count). The van der Waals surface area contributed by atoms with Crippen LogP contribution in [0.5, 0.6) is 0 Å². The molecular weight excluding hydrogens is 164 g/mol. The fourth-order valence-corrected chi connectivity index (χ4v) is 1.41. The van der Waals surface area contributed by atoms with Gasteiger partial charge in [0.15, 0.2) is 0 Å². The van der Waals surface area contributed by atoms with Crippen molar-refractivity contribution in [2.45, 2.75) is 25.9 Å². The summed E-state index contributed by atoms with van der Waals surface area (Å²) in [6, 6.07) is 4.52. The van der Waals surface area contributed by atoms with Gasteiger partial charge in [-0.05, 0) is 32.5 Å². The van der Waals surface area contributed by atoms with Crippen LogP contribution in [0.2, 0.25) is 0 Å². The first kappa shape index (κ1) is 10.3. The minimum Gasteiger partial charge on any atom is -0.396 e. The predicted molar refractivity (Wildman–Crippen MR) is 53.6 cm³/mol. The van der Waals surface area contributed by atoms with Crippen LogP contribution >= 0.6 is 0 Å². The average Bonchev–Trinajstić information content (AvgIpc) is 2.61. The van der Waals surface area contributed by atoms with Crippen molar-refractivity contribution in [1.82, 2.24) is 9.88 Å². The first-order valence-corrected chi connectivity index (χ1v) is 4.72. The molecule has 0 aromatic carbocycles. The summed E-state index contributed by atoms with van der Waals surface area (Å²) in [5.74, 6) is 0. The van der Waals surface area contributed by atoms with E-state index < -0.39 is 0 Å². The van der Waals surface area contributed by atoms with E-state index >= 15 is 0 Å². The zero-order valence-corrected chi connectivity index (χ0v) is 8.33. The summed E-state index contributed by atoms with van der Waals surface area (Å²) in [5.41, 5.74) is 1.27. The molecule has 0 aliphatic rings. The van der Waals surface area contributed by atoms with E-state index in [2.05, 4.69) is 29.1 Å². The molecule has 0 bridgehead atoms. The van der Waals surface area contributed by atoms with Crippen LogP contribution in [0, 0.1) is 0 Å². The van der Waals surface area contributed by atoms with Gasteiger partial charge in [-0.25, -0.2) is 0 Å². The molecule has 0 amide bonds. The summed E-state index contributed by atoms with van der Waals surface area (Å²) >= 11 is 0. The van der Waals surface area contributed by atoms with E-state index in [-0.39, 0.29) is 6.61 Å². The van der Waals surface area contributed by atoms with E-state index in [1.54, 1.807) is 0 Å². The van der Waals surface area contributed by atoms with Gasteiger partial charge in [-0.2, -0.15) is 0 Å². The number of rotatable bonds is 5. The van der Waals surface area contributed by atoms with E-state index in [1.807, 2.05) is 13.1 Å². The Morgan fingerprint density at radius 1 is 1.62 bits per heavy atom. The first-order chi connectivity index (χ1) is 6.29. The Balaban J connectivity index is 2.65. The van der Waals surface area contributed by atoms with E-state index in [0.717, 1.165) is 13.0 Å². The van der Waals surface area contributed by atoms with Gasteiger partial charge in [-0.15, -0.1) is 0 Å². The maximum atomic E-state index is 8.72. The highest BCUT2D eigenvalue weighted by atomic mass is 16.3. The molecule has 1 aromatic rings. The number of aromatic nitrogens is 1. The third-order valence-corrected chi connectivity index (χ3v) is 2.30. The van der Waals surface area contributed by atoms with E-state index in [0.29, 0.717) is 6.04 Å². The molecule has 0 aliphatic heterocycles. The van der Waals surface area contributed by atoms with Crippen molar-refractivity contribution in [3.8, 4) is 0 Å². The van der Waals surface area contributed by atoms with Crippen LogP contribution in [0.15, 0.2) is 18.3 Å². The SMILES string of the molecule is CNC(C)c1cccn1CCCO. The van der Waals surface area contributed by atoms with E-state index in [9.17, 15) is 0 Å². The number of aliphatic hydroxyl groups excluding tert-OH is 1. The van der Waals surface area contributed by atoms with Gasteiger partial charge in [0.2, 0.25) is 0 Å². The van der Waals surface area contributed by atoms with Crippen molar-refractivity contribution in [3.63, 3.8) is 0 Å². The fraction of sp³-hybridized carbons (Fsp3) is 0.600. The Bertz CT molecular complexity index is 245. The van der Waals surface area contributed by atoms with Crippen molar-refractivity contribution >= 4 is 0 Å². The zero-order valence-electron chi connectivity index (χ0n) is 8.33. The Morgan fingerprint density at radius 3 is 3.00 bits per heavy atom. The van der Waals surface area contributed by atoms with Gasteiger partial charge < -0.3 is 15.0 Å². The zero-order chi connectivity index (χ0) is 9.68. The van der Waals surface area contributed by atoms with Crippen LogP contribution in [0.3, 0.4) is 0 Å². The molecule has 1 heterocycles. The lowest BCUT2D eigenvalue weighted by Crippen LogP contribution is -2.16. The summed E-state index contributed by atoms with van der Waals surface area (Å²) in [6.45, 7) is 3.28. The summed E-state index contributed by atoms with van der Waals surface area (Å²) in [6.07, 6.45) is 2.87. The maximum Gasteiger partial charge on any atom is 0.0448 e. The topological polar surface area (TPSA) is 37.2 Å². The molecular formula is C10H18N2O. The van der Waals surface area contributed by atoms with Crippen LogP contribution in [0.4, 0.5) is 0 Å². The van der Waals surface area contributed by atoms with Crippen LogP contribution in [0.25, 0.3) is 0 Å². The highest BCUT2D eigenvalue weighted by molar-refractivity contribution is 5.11. The van der Waals surface area contributed by atoms with Crippen molar-refractivity contribution < 1.29 is 5.11 Å². The second-order valence-corrected chi connectivity index (χ2v) is 3.21.